The van der Waals surface area contributed by atoms with Crippen LogP contribution in [-0.4, -0.2) is 6.36 Å². The minimum atomic E-state index is -4.91. The van der Waals surface area contributed by atoms with E-state index in [1.54, 1.807) is 12.1 Å². The number of rotatable bonds is 5. The first-order valence-corrected chi connectivity index (χ1v) is 11.3. The zero-order valence-electron chi connectivity index (χ0n) is 17.5. The number of benzene rings is 2. The molecule has 2 aromatic carbocycles. The van der Waals surface area contributed by atoms with Crippen LogP contribution in [-0.2, 0) is 0 Å². The number of hydrogen-bond donors (Lipinski definition) is 0. The Bertz CT molecular complexity index is 875. The first-order valence-electron chi connectivity index (χ1n) is 11.3. The van der Waals surface area contributed by atoms with Gasteiger partial charge in [0.2, 0.25) is 0 Å². The first kappa shape index (κ1) is 21.5. The van der Waals surface area contributed by atoms with E-state index in [2.05, 4.69) is 11.7 Å². The van der Waals surface area contributed by atoms with Gasteiger partial charge in [-0.05, 0) is 72.8 Å². The number of hydrogen-bond acceptors (Lipinski definition) is 1. The Morgan fingerprint density at radius 1 is 0.967 bits per heavy atom. The van der Waals surface area contributed by atoms with E-state index < -0.39 is 17.9 Å². The Morgan fingerprint density at radius 2 is 1.73 bits per heavy atom. The van der Waals surface area contributed by atoms with Crippen molar-refractivity contribution in [3.05, 3.63) is 41.7 Å². The largest absolute Gasteiger partial charge is 0.573 e. The van der Waals surface area contributed by atoms with Crippen LogP contribution in [0.4, 0.5) is 17.6 Å². The minimum Gasteiger partial charge on any atom is -0.402 e. The maximum Gasteiger partial charge on any atom is 0.573 e. The Balaban J connectivity index is 1.49. The summed E-state index contributed by atoms with van der Waals surface area (Å²) < 4.78 is 56.0. The maximum absolute atomic E-state index is 14.0. The SMILES string of the molecule is CCCCC1CCC2CC(c3ccc4c(OC(F)(F)F)c(F)ccc4c3)CCC2C1. The molecule has 5 heteroatoms. The molecule has 4 atom stereocenters. The van der Waals surface area contributed by atoms with Gasteiger partial charge in [0, 0.05) is 5.39 Å². The predicted molar refractivity (Wildman–Crippen MR) is 111 cm³/mol. The topological polar surface area (TPSA) is 9.23 Å². The van der Waals surface area contributed by atoms with Crippen LogP contribution in [0.15, 0.2) is 30.3 Å². The Hall–Kier alpha value is -1.78. The summed E-state index contributed by atoms with van der Waals surface area (Å²) in [5.41, 5.74) is 1.15. The molecule has 0 saturated heterocycles. The molecule has 1 nitrogen and oxygen atoms in total. The summed E-state index contributed by atoms with van der Waals surface area (Å²) in [6, 6.07) is 7.98. The molecule has 2 aromatic rings. The van der Waals surface area contributed by atoms with Gasteiger partial charge >= 0.3 is 6.36 Å². The van der Waals surface area contributed by atoms with E-state index in [0.717, 1.165) is 42.2 Å². The molecule has 2 fully saturated rings. The van der Waals surface area contributed by atoms with Crippen molar-refractivity contribution in [2.24, 2.45) is 17.8 Å². The molecule has 2 saturated carbocycles. The lowest BCUT2D eigenvalue weighted by molar-refractivity contribution is -0.275. The lowest BCUT2D eigenvalue weighted by atomic mass is 9.63. The van der Waals surface area contributed by atoms with Crippen molar-refractivity contribution in [3.63, 3.8) is 0 Å². The molecule has 0 radical (unpaired) electrons. The van der Waals surface area contributed by atoms with Crippen molar-refractivity contribution in [1.82, 2.24) is 0 Å². The highest BCUT2D eigenvalue weighted by Gasteiger charge is 2.36. The van der Waals surface area contributed by atoms with Crippen LogP contribution >= 0.6 is 0 Å². The van der Waals surface area contributed by atoms with Gasteiger partial charge < -0.3 is 4.74 Å². The predicted octanol–water partition coefficient (Wildman–Crippen LogP) is 8.37. The zero-order chi connectivity index (χ0) is 21.3. The summed E-state index contributed by atoms with van der Waals surface area (Å²) in [6.45, 7) is 2.26. The minimum absolute atomic E-state index is 0.168. The van der Waals surface area contributed by atoms with Gasteiger partial charge in [0.1, 0.15) is 0 Å². The van der Waals surface area contributed by atoms with Gasteiger partial charge in [-0.25, -0.2) is 4.39 Å². The molecule has 2 aliphatic rings. The average Bonchev–Trinajstić information content (AvgIpc) is 2.72. The van der Waals surface area contributed by atoms with Crippen molar-refractivity contribution >= 4 is 10.8 Å². The number of fused-ring (bicyclic) bond motifs is 2. The highest BCUT2D eigenvalue weighted by Crippen LogP contribution is 2.49. The maximum atomic E-state index is 14.0. The van der Waals surface area contributed by atoms with Gasteiger partial charge in [0.15, 0.2) is 11.6 Å². The third-order valence-corrected chi connectivity index (χ3v) is 7.32. The summed E-state index contributed by atoms with van der Waals surface area (Å²) in [6.07, 6.45) is 6.59. The lowest BCUT2D eigenvalue weighted by Gasteiger charge is -2.42. The number of ether oxygens (including phenoxy) is 1. The summed E-state index contributed by atoms with van der Waals surface area (Å²) in [5.74, 6) is 1.19. The van der Waals surface area contributed by atoms with Crippen LogP contribution in [0.3, 0.4) is 0 Å². The fourth-order valence-electron chi connectivity index (χ4n) is 5.81. The standard InChI is InChI=1S/C25H30F4O/c1-2-3-4-16-5-6-18-14-19(8-7-17(18)13-16)20-9-11-22-21(15-20)10-12-23(26)24(22)30-25(27,28)29/h9-12,15-19H,2-8,13-14H2,1H3. The van der Waals surface area contributed by atoms with Gasteiger partial charge in [-0.1, -0.05) is 56.9 Å². The van der Waals surface area contributed by atoms with Crippen LogP contribution in [0.25, 0.3) is 10.8 Å². The first-order chi connectivity index (χ1) is 14.3. The Morgan fingerprint density at radius 3 is 2.50 bits per heavy atom. The molecule has 0 bridgehead atoms. The molecule has 30 heavy (non-hydrogen) atoms. The number of alkyl halides is 3. The van der Waals surface area contributed by atoms with Crippen molar-refractivity contribution in [2.75, 3.05) is 0 Å². The average molecular weight is 423 g/mol. The van der Waals surface area contributed by atoms with Gasteiger partial charge in [0.25, 0.3) is 0 Å². The van der Waals surface area contributed by atoms with E-state index in [4.69, 9.17) is 0 Å². The second kappa shape index (κ2) is 8.76. The van der Waals surface area contributed by atoms with Gasteiger partial charge in [-0.15, -0.1) is 13.2 Å². The van der Waals surface area contributed by atoms with Crippen LogP contribution in [0, 0.1) is 23.6 Å². The van der Waals surface area contributed by atoms with E-state index in [1.807, 2.05) is 12.1 Å². The molecule has 0 aromatic heterocycles. The third kappa shape index (κ3) is 4.76. The summed E-state index contributed by atoms with van der Waals surface area (Å²) >= 11 is 0. The van der Waals surface area contributed by atoms with Crippen LogP contribution < -0.4 is 4.74 Å². The summed E-state index contributed by atoms with van der Waals surface area (Å²) in [4.78, 5) is 0. The lowest BCUT2D eigenvalue weighted by Crippen LogP contribution is -2.30. The normalized spacial score (nSPS) is 27.1. The third-order valence-electron chi connectivity index (χ3n) is 7.32. The molecule has 0 spiro atoms. The molecular formula is C25H30F4O. The van der Waals surface area contributed by atoms with Crippen molar-refractivity contribution < 1.29 is 22.3 Å². The second-order valence-electron chi connectivity index (χ2n) is 9.26. The van der Waals surface area contributed by atoms with Gasteiger partial charge in [0.05, 0.1) is 0 Å². The second-order valence-corrected chi connectivity index (χ2v) is 9.26. The fraction of sp³-hybridized carbons (Fsp3) is 0.600. The van der Waals surface area contributed by atoms with Crippen LogP contribution in [0.1, 0.15) is 76.2 Å². The molecule has 0 N–H and O–H groups in total. The van der Waals surface area contributed by atoms with Crippen molar-refractivity contribution in [1.29, 1.82) is 0 Å². The van der Waals surface area contributed by atoms with Crippen molar-refractivity contribution in [2.45, 2.75) is 77.0 Å². The summed E-state index contributed by atoms with van der Waals surface area (Å²) in [5, 5.41) is 0.764. The monoisotopic (exact) mass is 422 g/mol. The fourth-order valence-corrected chi connectivity index (χ4v) is 5.81. The smallest absolute Gasteiger partial charge is 0.402 e. The molecule has 0 amide bonds. The van der Waals surface area contributed by atoms with Gasteiger partial charge in [-0.3, -0.25) is 0 Å². The van der Waals surface area contributed by atoms with E-state index >= 15 is 0 Å². The molecule has 164 valence electrons. The highest BCUT2D eigenvalue weighted by atomic mass is 19.4. The zero-order valence-corrected chi connectivity index (χ0v) is 17.5. The molecule has 0 aliphatic heterocycles. The van der Waals surface area contributed by atoms with Crippen molar-refractivity contribution in [3.8, 4) is 5.75 Å². The molecule has 4 rings (SSSR count). The quantitative estimate of drug-likeness (QED) is 0.440. The molecule has 2 aliphatic carbocycles. The van der Waals surface area contributed by atoms with Crippen LogP contribution in [0.5, 0.6) is 5.75 Å². The molecular weight excluding hydrogens is 392 g/mol. The van der Waals surface area contributed by atoms with E-state index in [-0.39, 0.29) is 5.39 Å². The van der Waals surface area contributed by atoms with E-state index in [0.29, 0.717) is 11.3 Å². The highest BCUT2D eigenvalue weighted by molar-refractivity contribution is 5.89. The Kier molecular flexibility index (Phi) is 6.26. The Labute approximate surface area is 175 Å². The van der Waals surface area contributed by atoms with E-state index in [9.17, 15) is 17.6 Å². The summed E-state index contributed by atoms with van der Waals surface area (Å²) in [7, 11) is 0. The number of unbranched alkanes of at least 4 members (excludes halogenated alkanes) is 1. The molecule has 4 unspecified atom stereocenters. The van der Waals surface area contributed by atoms with E-state index in [1.165, 1.54) is 44.9 Å². The van der Waals surface area contributed by atoms with Crippen LogP contribution in [0.2, 0.25) is 0 Å². The van der Waals surface area contributed by atoms with Gasteiger partial charge in [-0.2, -0.15) is 0 Å². The molecule has 0 heterocycles. The number of halogens is 4.